The summed E-state index contributed by atoms with van der Waals surface area (Å²) in [6.07, 6.45) is 4.07. The maximum absolute atomic E-state index is 11.1. The van der Waals surface area contributed by atoms with E-state index in [2.05, 4.69) is 31.0 Å². The van der Waals surface area contributed by atoms with Gasteiger partial charge in [-0.05, 0) is 37.9 Å². The van der Waals surface area contributed by atoms with Crippen LogP contribution in [-0.4, -0.2) is 53.3 Å². The fraction of sp³-hybridized carbons (Fsp3) is 1.00. The van der Waals surface area contributed by atoms with Crippen LogP contribution in [0.3, 0.4) is 0 Å². The van der Waals surface area contributed by atoms with Gasteiger partial charge in [0.05, 0.1) is 0 Å². The molecular weight excluding hydrogens is 232 g/mol. The van der Waals surface area contributed by atoms with Crippen molar-refractivity contribution >= 4 is 10.8 Å². The average molecular weight is 260 g/mol. The van der Waals surface area contributed by atoms with Gasteiger partial charge in [-0.2, -0.15) is 0 Å². The number of rotatable bonds is 4. The topological polar surface area (TPSA) is 32.3 Å². The lowest BCUT2D eigenvalue weighted by Crippen LogP contribution is -2.46. The van der Waals surface area contributed by atoms with Gasteiger partial charge < -0.3 is 10.2 Å². The molecule has 102 valence electrons. The van der Waals surface area contributed by atoms with Gasteiger partial charge in [-0.25, -0.2) is 0 Å². The van der Waals surface area contributed by atoms with E-state index >= 15 is 0 Å². The van der Waals surface area contributed by atoms with Crippen LogP contribution in [0.1, 0.15) is 33.6 Å². The summed E-state index contributed by atoms with van der Waals surface area (Å²) in [7, 11) is -0.642. The Morgan fingerprint density at radius 3 is 2.71 bits per heavy atom. The molecule has 1 saturated heterocycles. The Bertz CT molecular complexity index is 250. The zero-order chi connectivity index (χ0) is 12.9. The molecule has 0 aliphatic carbocycles. The Kier molecular flexibility index (Phi) is 6.10. The van der Waals surface area contributed by atoms with Crippen LogP contribution < -0.4 is 5.32 Å². The van der Waals surface area contributed by atoms with Gasteiger partial charge in [0.25, 0.3) is 0 Å². The monoisotopic (exact) mass is 260 g/mol. The molecule has 1 rings (SSSR count). The minimum Gasteiger partial charge on any atom is -0.312 e. The van der Waals surface area contributed by atoms with Crippen molar-refractivity contribution in [2.45, 2.75) is 39.7 Å². The molecule has 1 aliphatic rings. The lowest BCUT2D eigenvalue weighted by atomic mass is 9.86. The molecule has 1 heterocycles. The summed E-state index contributed by atoms with van der Waals surface area (Å²) in [5.41, 5.74) is 0.316. The predicted molar refractivity (Wildman–Crippen MR) is 75.9 cm³/mol. The van der Waals surface area contributed by atoms with Crippen molar-refractivity contribution < 1.29 is 4.21 Å². The highest BCUT2D eigenvalue weighted by molar-refractivity contribution is 7.84. The first-order valence-corrected chi connectivity index (χ1v) is 8.38. The number of hydrogen-bond acceptors (Lipinski definition) is 3. The van der Waals surface area contributed by atoms with Crippen molar-refractivity contribution in [2.24, 2.45) is 5.41 Å². The number of hydrogen-bond donors (Lipinski definition) is 1. The van der Waals surface area contributed by atoms with Crippen molar-refractivity contribution in [3.8, 4) is 0 Å². The van der Waals surface area contributed by atoms with Crippen molar-refractivity contribution in [2.75, 3.05) is 38.2 Å². The van der Waals surface area contributed by atoms with Gasteiger partial charge in [-0.15, -0.1) is 0 Å². The zero-order valence-corrected chi connectivity index (χ0v) is 12.6. The third kappa shape index (κ3) is 5.98. The maximum atomic E-state index is 11.1. The van der Waals surface area contributed by atoms with E-state index in [1.54, 1.807) is 6.26 Å². The van der Waals surface area contributed by atoms with Crippen molar-refractivity contribution in [3.63, 3.8) is 0 Å². The minimum absolute atomic E-state index is 0.316. The molecule has 1 fully saturated rings. The Morgan fingerprint density at radius 1 is 1.41 bits per heavy atom. The quantitative estimate of drug-likeness (QED) is 0.831. The summed E-state index contributed by atoms with van der Waals surface area (Å²) >= 11 is 0. The SMILES string of the molecule is CS(=O)CCCN1CCCNC(C(C)(C)C)C1. The Labute approximate surface area is 109 Å². The average Bonchev–Trinajstić information content (AvgIpc) is 2.41. The van der Waals surface area contributed by atoms with Gasteiger partial charge in [0, 0.05) is 35.4 Å². The first-order valence-electron chi connectivity index (χ1n) is 6.65. The zero-order valence-electron chi connectivity index (χ0n) is 11.8. The van der Waals surface area contributed by atoms with Gasteiger partial charge in [0.15, 0.2) is 0 Å². The molecule has 1 N–H and O–H groups in total. The van der Waals surface area contributed by atoms with Crippen LogP contribution in [0, 0.1) is 5.41 Å². The van der Waals surface area contributed by atoms with Gasteiger partial charge in [0.2, 0.25) is 0 Å². The van der Waals surface area contributed by atoms with Crippen LogP contribution in [0.25, 0.3) is 0 Å². The standard InChI is InChI=1S/C13H28N2OS/c1-13(2,3)12-11-15(8-5-7-14-12)9-6-10-17(4)16/h12,14H,5-11H2,1-4H3. The highest BCUT2D eigenvalue weighted by Gasteiger charge is 2.27. The van der Waals surface area contributed by atoms with Gasteiger partial charge in [-0.1, -0.05) is 20.8 Å². The fourth-order valence-electron chi connectivity index (χ4n) is 2.27. The molecule has 3 nitrogen and oxygen atoms in total. The second-order valence-electron chi connectivity index (χ2n) is 6.16. The molecule has 17 heavy (non-hydrogen) atoms. The normalized spacial score (nSPS) is 25.5. The van der Waals surface area contributed by atoms with Gasteiger partial charge in [0.1, 0.15) is 0 Å². The lowest BCUT2D eigenvalue weighted by Gasteiger charge is -2.33. The summed E-state index contributed by atoms with van der Waals surface area (Å²) in [6, 6.07) is 0.567. The van der Waals surface area contributed by atoms with Crippen LogP contribution in [0.2, 0.25) is 0 Å². The summed E-state index contributed by atoms with van der Waals surface area (Å²) in [4.78, 5) is 2.53. The second kappa shape index (κ2) is 6.86. The van der Waals surface area contributed by atoms with Gasteiger partial charge in [-0.3, -0.25) is 4.21 Å². The van der Waals surface area contributed by atoms with E-state index in [1.165, 1.54) is 13.0 Å². The van der Waals surface area contributed by atoms with Crippen LogP contribution >= 0.6 is 0 Å². The molecule has 0 aromatic heterocycles. The predicted octanol–water partition coefficient (Wildman–Crippen LogP) is 1.46. The van der Waals surface area contributed by atoms with E-state index in [9.17, 15) is 4.21 Å². The lowest BCUT2D eigenvalue weighted by molar-refractivity contribution is 0.197. The Hall–Kier alpha value is 0.0700. The smallest absolute Gasteiger partial charge is 0.0244 e. The molecule has 4 heteroatoms. The molecule has 0 saturated carbocycles. The molecule has 2 unspecified atom stereocenters. The first kappa shape index (κ1) is 15.1. The van der Waals surface area contributed by atoms with Crippen LogP contribution in [0.4, 0.5) is 0 Å². The van der Waals surface area contributed by atoms with Crippen molar-refractivity contribution in [1.29, 1.82) is 0 Å². The van der Waals surface area contributed by atoms with E-state index in [0.29, 0.717) is 11.5 Å². The van der Waals surface area contributed by atoms with Gasteiger partial charge >= 0.3 is 0 Å². The van der Waals surface area contributed by atoms with Crippen LogP contribution in [-0.2, 0) is 10.8 Å². The molecule has 0 spiro atoms. The molecule has 0 aromatic carbocycles. The first-order chi connectivity index (χ1) is 7.89. The van der Waals surface area contributed by atoms with Crippen molar-refractivity contribution in [1.82, 2.24) is 10.2 Å². The number of nitrogens with zero attached hydrogens (tertiary/aromatic N) is 1. The second-order valence-corrected chi connectivity index (χ2v) is 7.71. The Morgan fingerprint density at radius 2 is 2.12 bits per heavy atom. The van der Waals surface area contributed by atoms with Crippen LogP contribution in [0.5, 0.6) is 0 Å². The largest absolute Gasteiger partial charge is 0.312 e. The maximum Gasteiger partial charge on any atom is 0.0244 e. The molecule has 0 amide bonds. The third-order valence-corrected chi connectivity index (χ3v) is 4.30. The molecular formula is C13H28N2OS. The number of nitrogens with one attached hydrogen (secondary N) is 1. The molecule has 1 aliphatic heterocycles. The third-order valence-electron chi connectivity index (χ3n) is 3.43. The van der Waals surface area contributed by atoms with E-state index in [1.807, 2.05) is 0 Å². The molecule has 2 atom stereocenters. The summed E-state index contributed by atoms with van der Waals surface area (Å²) in [5.74, 6) is 0.837. The van der Waals surface area contributed by atoms with Crippen molar-refractivity contribution in [3.05, 3.63) is 0 Å². The minimum atomic E-state index is -0.642. The fourth-order valence-corrected chi connectivity index (χ4v) is 2.80. The Balaban J connectivity index is 2.40. The van der Waals surface area contributed by atoms with E-state index < -0.39 is 10.8 Å². The highest BCUT2D eigenvalue weighted by Crippen LogP contribution is 2.21. The van der Waals surface area contributed by atoms with E-state index in [4.69, 9.17) is 0 Å². The summed E-state index contributed by atoms with van der Waals surface area (Å²) in [6.45, 7) is 11.4. The molecule has 0 bridgehead atoms. The van der Waals surface area contributed by atoms with E-state index in [0.717, 1.165) is 31.8 Å². The van der Waals surface area contributed by atoms with Crippen LogP contribution in [0.15, 0.2) is 0 Å². The molecule has 0 radical (unpaired) electrons. The summed E-state index contributed by atoms with van der Waals surface area (Å²) < 4.78 is 11.1. The molecule has 0 aromatic rings. The van der Waals surface area contributed by atoms with E-state index in [-0.39, 0.29) is 0 Å². The summed E-state index contributed by atoms with van der Waals surface area (Å²) in [5, 5.41) is 3.65. The highest BCUT2D eigenvalue weighted by atomic mass is 32.2.